The zero-order chi connectivity index (χ0) is 22.6. The second-order valence-electron chi connectivity index (χ2n) is 8.44. The summed E-state index contributed by atoms with van der Waals surface area (Å²) in [5.41, 5.74) is 0.674. The van der Waals surface area contributed by atoms with Crippen LogP contribution in [-0.4, -0.2) is 32.7 Å². The molecule has 0 aromatic carbocycles. The van der Waals surface area contributed by atoms with Crippen molar-refractivity contribution in [3.05, 3.63) is 58.9 Å². The number of hydrogen-bond donors (Lipinski definition) is 1. The Hall–Kier alpha value is -2.94. The van der Waals surface area contributed by atoms with Crippen LogP contribution in [0.2, 0.25) is 0 Å². The highest BCUT2D eigenvalue weighted by atomic mass is 19.4. The molecule has 6 nitrogen and oxygen atoms in total. The molecule has 0 spiro atoms. The van der Waals surface area contributed by atoms with Gasteiger partial charge < -0.3 is 14.3 Å². The Balaban J connectivity index is 1.79. The molecular weight excluding hydrogens is 409 g/mol. The highest BCUT2D eigenvalue weighted by Gasteiger charge is 2.35. The molecule has 3 aromatic rings. The molecule has 3 rings (SSSR count). The lowest BCUT2D eigenvalue weighted by molar-refractivity contribution is -0.140. The first-order valence-corrected chi connectivity index (χ1v) is 9.91. The summed E-state index contributed by atoms with van der Waals surface area (Å²) in [6.07, 6.45) is 0.310. The fourth-order valence-electron chi connectivity index (χ4n) is 2.86. The minimum absolute atomic E-state index is 0.128. The van der Waals surface area contributed by atoms with E-state index in [1.54, 1.807) is 18.2 Å². The third-order valence-corrected chi connectivity index (χ3v) is 4.64. The molecule has 3 aromatic heterocycles. The molecule has 3 heterocycles. The maximum atomic E-state index is 13.2. The van der Waals surface area contributed by atoms with Gasteiger partial charge in [0.2, 0.25) is 5.56 Å². The molecule has 0 saturated carbocycles. The smallest absolute Gasteiger partial charge is 0.380 e. The van der Waals surface area contributed by atoms with Gasteiger partial charge in [-0.2, -0.15) is 13.2 Å². The van der Waals surface area contributed by atoms with Crippen molar-refractivity contribution in [2.24, 2.45) is 5.41 Å². The van der Waals surface area contributed by atoms with Crippen LogP contribution in [-0.2, 0) is 17.5 Å². The fourth-order valence-corrected chi connectivity index (χ4v) is 2.86. The van der Waals surface area contributed by atoms with E-state index in [1.165, 1.54) is 23.0 Å². The van der Waals surface area contributed by atoms with Crippen LogP contribution in [0.4, 0.5) is 13.2 Å². The van der Waals surface area contributed by atoms with Gasteiger partial charge >= 0.3 is 6.18 Å². The average Bonchev–Trinajstić information content (AvgIpc) is 3.12. The van der Waals surface area contributed by atoms with Gasteiger partial charge in [-0.25, -0.2) is 4.98 Å². The molecule has 0 unspecified atom stereocenters. The third kappa shape index (κ3) is 6.27. The van der Waals surface area contributed by atoms with E-state index in [4.69, 9.17) is 4.74 Å². The zero-order valence-corrected chi connectivity index (χ0v) is 17.7. The van der Waals surface area contributed by atoms with Gasteiger partial charge in [-0.1, -0.05) is 20.8 Å². The molecule has 0 amide bonds. The number of pyridine rings is 2. The summed E-state index contributed by atoms with van der Waals surface area (Å²) in [7, 11) is 0. The van der Waals surface area contributed by atoms with Crippen molar-refractivity contribution in [2.45, 2.75) is 39.9 Å². The van der Waals surface area contributed by atoms with Crippen molar-refractivity contribution in [2.75, 3.05) is 13.2 Å². The second-order valence-corrected chi connectivity index (χ2v) is 8.44. The molecule has 0 aliphatic heterocycles. The summed E-state index contributed by atoms with van der Waals surface area (Å²) in [5.74, 6) is 0.173. The predicted octanol–water partition coefficient (Wildman–Crippen LogP) is 4.77. The van der Waals surface area contributed by atoms with E-state index >= 15 is 0 Å². The summed E-state index contributed by atoms with van der Waals surface area (Å²) in [4.78, 5) is 21.9. The first-order chi connectivity index (χ1) is 14.5. The Labute approximate surface area is 178 Å². The topological polar surface area (TPSA) is 72.8 Å². The highest BCUT2D eigenvalue weighted by molar-refractivity contribution is 5.62. The van der Waals surface area contributed by atoms with Crippen LogP contribution in [0.25, 0.3) is 22.6 Å². The van der Waals surface area contributed by atoms with Crippen LogP contribution >= 0.6 is 0 Å². The molecule has 0 saturated heterocycles. The molecule has 0 radical (unpaired) electrons. The van der Waals surface area contributed by atoms with E-state index in [2.05, 4.69) is 35.7 Å². The fraction of sp³-hybridized carbons (Fsp3) is 0.409. The van der Waals surface area contributed by atoms with E-state index in [0.29, 0.717) is 23.4 Å². The Bertz CT molecular complexity index is 1040. The standard InChI is InChI=1S/C22H25F3N4O2/c1-21(2,3)8-10-31-11-9-29-14-18(22(23,24)25)28-20(29)16-4-6-17(26-13-16)15-5-7-19(30)27-12-15/h4-7,12-14H,8-11H2,1-3H3,(H,27,30). The Morgan fingerprint density at radius 3 is 2.39 bits per heavy atom. The number of rotatable bonds is 7. The van der Waals surface area contributed by atoms with Crippen molar-refractivity contribution in [1.82, 2.24) is 19.5 Å². The molecule has 1 N–H and O–H groups in total. The van der Waals surface area contributed by atoms with Crippen LogP contribution in [0, 0.1) is 5.41 Å². The lowest BCUT2D eigenvalue weighted by atomic mass is 9.93. The number of ether oxygens (including phenoxy) is 1. The zero-order valence-electron chi connectivity index (χ0n) is 17.7. The SMILES string of the molecule is CC(C)(C)CCOCCn1cc(C(F)(F)F)nc1-c1ccc(-c2ccc(=O)[nH]c2)nc1. The molecule has 0 aliphatic carbocycles. The van der Waals surface area contributed by atoms with Crippen LogP contribution < -0.4 is 5.56 Å². The summed E-state index contributed by atoms with van der Waals surface area (Å²) in [5, 5.41) is 0. The predicted molar refractivity (Wildman–Crippen MR) is 111 cm³/mol. The van der Waals surface area contributed by atoms with Gasteiger partial charge in [0.15, 0.2) is 5.69 Å². The lowest BCUT2D eigenvalue weighted by Gasteiger charge is -2.17. The summed E-state index contributed by atoms with van der Waals surface area (Å²) in [6, 6.07) is 6.34. The van der Waals surface area contributed by atoms with Crippen LogP contribution in [0.5, 0.6) is 0 Å². The van der Waals surface area contributed by atoms with Crippen LogP contribution in [0.1, 0.15) is 32.9 Å². The monoisotopic (exact) mass is 434 g/mol. The molecular formula is C22H25F3N4O2. The number of alkyl halides is 3. The number of nitrogens with one attached hydrogen (secondary N) is 1. The maximum Gasteiger partial charge on any atom is 0.434 e. The Kier molecular flexibility index (Phi) is 6.64. The Morgan fingerprint density at radius 2 is 1.81 bits per heavy atom. The minimum atomic E-state index is -4.55. The number of nitrogens with zero attached hydrogens (tertiary/aromatic N) is 3. The largest absolute Gasteiger partial charge is 0.434 e. The molecule has 0 atom stereocenters. The number of aromatic amines is 1. The number of imidazole rings is 1. The van der Waals surface area contributed by atoms with Crippen LogP contribution in [0.3, 0.4) is 0 Å². The van der Waals surface area contributed by atoms with E-state index in [-0.39, 0.29) is 30.0 Å². The highest BCUT2D eigenvalue weighted by Crippen LogP contribution is 2.31. The minimum Gasteiger partial charge on any atom is -0.380 e. The first-order valence-electron chi connectivity index (χ1n) is 9.91. The van der Waals surface area contributed by atoms with Gasteiger partial charge in [0.25, 0.3) is 0 Å². The molecule has 9 heteroatoms. The average molecular weight is 434 g/mol. The van der Waals surface area contributed by atoms with E-state index in [1.807, 2.05) is 0 Å². The summed E-state index contributed by atoms with van der Waals surface area (Å²) in [6.45, 7) is 7.36. The number of hydrogen-bond acceptors (Lipinski definition) is 4. The normalized spacial score (nSPS) is 12.3. The second kappa shape index (κ2) is 9.05. The summed E-state index contributed by atoms with van der Waals surface area (Å²) < 4.78 is 46.8. The van der Waals surface area contributed by atoms with Gasteiger partial charge in [-0.05, 0) is 30.0 Å². The van der Waals surface area contributed by atoms with E-state index in [9.17, 15) is 18.0 Å². The van der Waals surface area contributed by atoms with Crippen molar-refractivity contribution < 1.29 is 17.9 Å². The van der Waals surface area contributed by atoms with Crippen LogP contribution in [0.15, 0.2) is 47.7 Å². The van der Waals surface area contributed by atoms with Gasteiger partial charge in [0.1, 0.15) is 5.82 Å². The van der Waals surface area contributed by atoms with Crippen molar-refractivity contribution >= 4 is 0 Å². The number of halogens is 3. The Morgan fingerprint density at radius 1 is 1.06 bits per heavy atom. The maximum absolute atomic E-state index is 13.2. The molecule has 166 valence electrons. The summed E-state index contributed by atoms with van der Waals surface area (Å²) >= 11 is 0. The van der Waals surface area contributed by atoms with Crippen molar-refractivity contribution in [1.29, 1.82) is 0 Å². The van der Waals surface area contributed by atoms with E-state index < -0.39 is 11.9 Å². The van der Waals surface area contributed by atoms with Gasteiger partial charge in [0, 0.05) is 48.9 Å². The first kappa shape index (κ1) is 22.7. The molecule has 0 bridgehead atoms. The third-order valence-electron chi connectivity index (χ3n) is 4.64. The number of H-pyrrole nitrogens is 1. The van der Waals surface area contributed by atoms with Crippen molar-refractivity contribution in [3.8, 4) is 22.6 Å². The molecule has 0 aliphatic rings. The number of aromatic nitrogens is 4. The van der Waals surface area contributed by atoms with E-state index in [0.717, 1.165) is 12.6 Å². The van der Waals surface area contributed by atoms with Gasteiger partial charge in [-0.3, -0.25) is 9.78 Å². The molecule has 31 heavy (non-hydrogen) atoms. The quantitative estimate of drug-likeness (QED) is 0.544. The lowest BCUT2D eigenvalue weighted by Crippen LogP contribution is -2.12. The van der Waals surface area contributed by atoms with Gasteiger partial charge in [0.05, 0.1) is 12.3 Å². The molecule has 0 fully saturated rings. The van der Waals surface area contributed by atoms with Crippen molar-refractivity contribution in [3.63, 3.8) is 0 Å². The van der Waals surface area contributed by atoms with Gasteiger partial charge in [-0.15, -0.1) is 0 Å².